The molecular formula is C29H36Cl2F6N2O4. The van der Waals surface area contributed by atoms with Crippen molar-refractivity contribution in [1.29, 1.82) is 0 Å². The van der Waals surface area contributed by atoms with E-state index in [0.29, 0.717) is 63.0 Å². The van der Waals surface area contributed by atoms with Gasteiger partial charge in [0, 0.05) is 37.3 Å². The maximum Gasteiger partial charge on any atom is 0.573 e. The molecule has 0 saturated carbocycles. The highest BCUT2D eigenvalue weighted by Crippen LogP contribution is 2.43. The normalized spacial score (nSPS) is 19.3. The molecular weight excluding hydrogens is 625 g/mol. The first-order valence-corrected chi connectivity index (χ1v) is 14.7. The first kappa shape index (κ1) is 35.5. The predicted octanol–water partition coefficient (Wildman–Crippen LogP) is 7.47. The number of hydrogen-bond donors (Lipinski definition) is 2. The topological polar surface area (TPSA) is 65.4 Å². The molecule has 6 nitrogen and oxygen atoms in total. The number of halogens is 8. The van der Waals surface area contributed by atoms with Gasteiger partial charge in [0.1, 0.15) is 11.5 Å². The van der Waals surface area contributed by atoms with Gasteiger partial charge in [0.15, 0.2) is 0 Å². The Kier molecular flexibility index (Phi) is 11.9. The second-order valence-electron chi connectivity index (χ2n) is 10.7. The molecule has 0 radical (unpaired) electrons. The van der Waals surface area contributed by atoms with Crippen molar-refractivity contribution >= 4 is 23.2 Å². The van der Waals surface area contributed by atoms with Gasteiger partial charge >= 0.3 is 12.7 Å². The Morgan fingerprint density at radius 3 is 1.40 bits per heavy atom. The zero-order valence-electron chi connectivity index (χ0n) is 23.9. The predicted molar refractivity (Wildman–Crippen MR) is 151 cm³/mol. The first-order valence-electron chi connectivity index (χ1n) is 14.0. The number of alkyl halides is 6. The molecule has 0 bridgehead atoms. The Balaban J connectivity index is 0.000000236. The van der Waals surface area contributed by atoms with E-state index in [1.807, 2.05) is 6.92 Å². The molecule has 2 saturated heterocycles. The van der Waals surface area contributed by atoms with Crippen molar-refractivity contribution in [1.82, 2.24) is 9.80 Å². The number of nitrogens with zero attached hydrogens (tertiary/aromatic N) is 2. The molecule has 43 heavy (non-hydrogen) atoms. The highest BCUT2D eigenvalue weighted by Gasteiger charge is 2.39. The lowest BCUT2D eigenvalue weighted by Crippen LogP contribution is -2.43. The van der Waals surface area contributed by atoms with Crippen molar-refractivity contribution in [3.05, 3.63) is 57.6 Å². The summed E-state index contributed by atoms with van der Waals surface area (Å²) in [5.41, 5.74) is -1.84. The van der Waals surface area contributed by atoms with Crippen LogP contribution in [0.4, 0.5) is 26.3 Å². The molecule has 2 aliphatic heterocycles. The summed E-state index contributed by atoms with van der Waals surface area (Å²) in [6.45, 7) is 8.64. The molecule has 2 aromatic rings. The van der Waals surface area contributed by atoms with E-state index < -0.39 is 35.4 Å². The van der Waals surface area contributed by atoms with Crippen LogP contribution in [-0.4, -0.2) is 72.0 Å². The van der Waals surface area contributed by atoms with Gasteiger partial charge in [0.2, 0.25) is 0 Å². The van der Waals surface area contributed by atoms with E-state index in [4.69, 9.17) is 23.2 Å². The zero-order valence-corrected chi connectivity index (χ0v) is 25.4. The minimum absolute atomic E-state index is 0.175. The van der Waals surface area contributed by atoms with Crippen LogP contribution in [0, 0.1) is 0 Å². The maximum absolute atomic E-state index is 12.4. The quantitative estimate of drug-likeness (QED) is 0.300. The third-order valence-corrected chi connectivity index (χ3v) is 8.51. The average molecular weight is 662 g/mol. The maximum atomic E-state index is 12.4. The highest BCUT2D eigenvalue weighted by molar-refractivity contribution is 6.33. The van der Waals surface area contributed by atoms with E-state index in [9.17, 15) is 36.6 Å². The van der Waals surface area contributed by atoms with Crippen LogP contribution < -0.4 is 9.47 Å². The molecule has 0 unspecified atom stereocenters. The Morgan fingerprint density at radius 1 is 0.698 bits per heavy atom. The van der Waals surface area contributed by atoms with Crippen LogP contribution in [0.15, 0.2) is 36.4 Å². The summed E-state index contributed by atoms with van der Waals surface area (Å²) in [5.74, 6) is -0.955. The number of benzene rings is 2. The molecule has 0 amide bonds. The van der Waals surface area contributed by atoms with Gasteiger partial charge in [-0.3, -0.25) is 0 Å². The van der Waals surface area contributed by atoms with Gasteiger partial charge in [-0.2, -0.15) is 0 Å². The summed E-state index contributed by atoms with van der Waals surface area (Å²) in [7, 11) is 0. The smallest absolute Gasteiger partial charge is 0.404 e. The molecule has 0 aliphatic carbocycles. The second kappa shape index (κ2) is 14.4. The lowest BCUT2D eigenvalue weighted by molar-refractivity contribution is -0.275. The number of aliphatic hydroxyl groups is 2. The van der Waals surface area contributed by atoms with E-state index in [1.165, 1.54) is 12.1 Å². The van der Waals surface area contributed by atoms with E-state index in [-0.39, 0.29) is 10.0 Å². The standard InChI is InChI=1S/C15H19ClF3NO2.C14H17ClF3NO2/c1-2-8-20-9-6-14(21,7-10-20)11-4-3-5-12(13(11)16)22-15(17,18)19;1-2-19-8-6-13(20,7-9-19)10-4-3-5-11(12(10)15)21-14(16,17)18/h3-5,21H,2,6-10H2,1H3;3-5,20H,2,6-9H2,1H3. The van der Waals surface area contributed by atoms with Gasteiger partial charge in [-0.25, -0.2) is 0 Å². The summed E-state index contributed by atoms with van der Waals surface area (Å²) in [5, 5.41) is 21.1. The van der Waals surface area contributed by atoms with Crippen molar-refractivity contribution in [3.63, 3.8) is 0 Å². The first-order chi connectivity index (χ1) is 20.0. The molecule has 2 heterocycles. The molecule has 0 spiro atoms. The molecule has 2 N–H and O–H groups in total. The molecule has 0 aromatic heterocycles. The molecule has 4 rings (SSSR count). The van der Waals surface area contributed by atoms with Crippen molar-refractivity contribution in [2.75, 3.05) is 39.3 Å². The molecule has 242 valence electrons. The number of rotatable bonds is 7. The van der Waals surface area contributed by atoms with E-state index in [0.717, 1.165) is 31.6 Å². The van der Waals surface area contributed by atoms with Gasteiger partial charge in [0.05, 0.1) is 21.2 Å². The van der Waals surface area contributed by atoms with Gasteiger partial charge in [0.25, 0.3) is 0 Å². The Hall–Kier alpha value is -1.96. The van der Waals surface area contributed by atoms with Crippen LogP contribution in [0.5, 0.6) is 11.5 Å². The molecule has 14 heteroatoms. The van der Waals surface area contributed by atoms with Crippen molar-refractivity contribution in [2.24, 2.45) is 0 Å². The fourth-order valence-corrected chi connectivity index (χ4v) is 6.07. The third-order valence-electron chi connectivity index (χ3n) is 7.73. The van der Waals surface area contributed by atoms with Gasteiger partial charge < -0.3 is 29.5 Å². The van der Waals surface area contributed by atoms with E-state index in [1.54, 1.807) is 12.1 Å². The lowest BCUT2D eigenvalue weighted by atomic mass is 9.84. The van der Waals surface area contributed by atoms with Gasteiger partial charge in [-0.05, 0) is 57.3 Å². The molecule has 2 fully saturated rings. The minimum Gasteiger partial charge on any atom is -0.404 e. The van der Waals surface area contributed by atoms with Crippen LogP contribution in [0.1, 0.15) is 57.1 Å². The summed E-state index contributed by atoms with van der Waals surface area (Å²) >= 11 is 12.0. The Labute approximate surface area is 257 Å². The third kappa shape index (κ3) is 9.76. The van der Waals surface area contributed by atoms with Crippen molar-refractivity contribution in [3.8, 4) is 11.5 Å². The Bertz CT molecular complexity index is 1200. The largest absolute Gasteiger partial charge is 0.573 e. The van der Waals surface area contributed by atoms with Crippen LogP contribution in [0.3, 0.4) is 0 Å². The summed E-state index contributed by atoms with van der Waals surface area (Å²) < 4.78 is 82.0. The van der Waals surface area contributed by atoms with Gasteiger partial charge in [-0.1, -0.05) is 61.3 Å². The van der Waals surface area contributed by atoms with Crippen LogP contribution in [-0.2, 0) is 11.2 Å². The van der Waals surface area contributed by atoms with Crippen LogP contribution in [0.2, 0.25) is 10.0 Å². The lowest BCUT2D eigenvalue weighted by Gasteiger charge is -2.39. The van der Waals surface area contributed by atoms with Crippen LogP contribution >= 0.6 is 23.2 Å². The highest BCUT2D eigenvalue weighted by atomic mass is 35.5. The summed E-state index contributed by atoms with van der Waals surface area (Å²) in [6.07, 6.45) is -6.88. The molecule has 0 atom stereocenters. The number of hydrogen-bond acceptors (Lipinski definition) is 6. The summed E-state index contributed by atoms with van der Waals surface area (Å²) in [6, 6.07) is 8.22. The fourth-order valence-electron chi connectivity index (χ4n) is 5.39. The second-order valence-corrected chi connectivity index (χ2v) is 11.4. The molecule has 2 aliphatic rings. The SMILES string of the molecule is CCCN1CCC(O)(c2cccc(OC(F)(F)F)c2Cl)CC1.CCN1CCC(O)(c2cccc(OC(F)(F)F)c2Cl)CC1. The number of ether oxygens (including phenoxy) is 2. The minimum atomic E-state index is -4.81. The van der Waals surface area contributed by atoms with Crippen LogP contribution in [0.25, 0.3) is 0 Å². The molecule has 2 aromatic carbocycles. The number of likely N-dealkylation sites (tertiary alicyclic amines) is 2. The summed E-state index contributed by atoms with van der Waals surface area (Å²) in [4.78, 5) is 4.39. The fraction of sp³-hybridized carbons (Fsp3) is 0.586. The van der Waals surface area contributed by atoms with Crippen molar-refractivity contribution in [2.45, 2.75) is 69.9 Å². The monoisotopic (exact) mass is 660 g/mol. The van der Waals surface area contributed by atoms with Gasteiger partial charge in [-0.15, -0.1) is 26.3 Å². The Morgan fingerprint density at radius 2 is 1.07 bits per heavy atom. The zero-order chi connectivity index (χ0) is 32.1. The van der Waals surface area contributed by atoms with E-state index >= 15 is 0 Å². The van der Waals surface area contributed by atoms with E-state index in [2.05, 4.69) is 26.2 Å². The van der Waals surface area contributed by atoms with Crippen molar-refractivity contribution < 1.29 is 46.0 Å². The number of piperidine rings is 2. The average Bonchev–Trinajstić information content (AvgIpc) is 2.92.